The minimum Gasteiger partial charge on any atom is -0.293 e. The Hall–Kier alpha value is -2.80. The fourth-order valence-corrected chi connectivity index (χ4v) is 2.76. The topological polar surface area (TPSA) is 65.6 Å². The molecule has 0 fully saturated rings. The van der Waals surface area contributed by atoms with Crippen LogP contribution in [0.2, 0.25) is 0 Å². The van der Waals surface area contributed by atoms with Crippen LogP contribution in [0.15, 0.2) is 70.2 Å². The smallest absolute Gasteiger partial charge is 0.283 e. The molecule has 0 bridgehead atoms. The summed E-state index contributed by atoms with van der Waals surface area (Å²) >= 11 is 3.40. The van der Waals surface area contributed by atoms with Gasteiger partial charge in [0.25, 0.3) is 5.56 Å². The lowest BCUT2D eigenvalue weighted by atomic mass is 10.2. The molecule has 0 amide bonds. The third-order valence-corrected chi connectivity index (χ3v) is 4.23. The van der Waals surface area contributed by atoms with Crippen molar-refractivity contribution >= 4 is 27.1 Å². The van der Waals surface area contributed by atoms with Crippen LogP contribution >= 0.6 is 15.9 Å². The zero-order chi connectivity index (χ0) is 16.5. The van der Waals surface area contributed by atoms with Crippen LogP contribution < -0.4 is 5.56 Å². The minimum atomic E-state index is -0.202. The Morgan fingerprint density at radius 3 is 2.50 bits per heavy atom. The number of hydrogen-bond acceptors (Lipinski definition) is 4. The zero-order valence-electron chi connectivity index (χ0n) is 12.5. The average molecular weight is 382 g/mol. The Morgan fingerprint density at radius 1 is 1.00 bits per heavy atom. The van der Waals surface area contributed by atoms with Crippen LogP contribution in [0, 0.1) is 0 Å². The van der Waals surface area contributed by atoms with Gasteiger partial charge in [0.1, 0.15) is 6.33 Å². The van der Waals surface area contributed by atoms with Crippen molar-refractivity contribution in [2.75, 3.05) is 0 Å². The summed E-state index contributed by atoms with van der Waals surface area (Å²) in [5.41, 5.74) is 2.34. The molecule has 0 unspecified atom stereocenters. The SMILES string of the molecule is O=c1c2nnn(-c3ccc(Br)cc3)c2ncn1Cc1ccccc1. The first kappa shape index (κ1) is 14.8. The molecule has 2 heterocycles. The van der Waals surface area contributed by atoms with E-state index in [1.54, 1.807) is 4.68 Å². The van der Waals surface area contributed by atoms with Crippen LogP contribution in [0.25, 0.3) is 16.9 Å². The number of rotatable bonds is 3. The normalized spacial score (nSPS) is 11.0. The summed E-state index contributed by atoms with van der Waals surface area (Å²) in [7, 11) is 0. The predicted molar refractivity (Wildman–Crippen MR) is 94.2 cm³/mol. The molecule has 0 atom stereocenters. The summed E-state index contributed by atoms with van der Waals surface area (Å²) in [5.74, 6) is 0. The molecule has 6 nitrogen and oxygen atoms in total. The molecule has 24 heavy (non-hydrogen) atoms. The van der Waals surface area contributed by atoms with Crippen LogP contribution in [0.4, 0.5) is 0 Å². The number of halogens is 1. The van der Waals surface area contributed by atoms with Crippen molar-refractivity contribution < 1.29 is 0 Å². The predicted octanol–water partition coefficient (Wildman–Crippen LogP) is 2.79. The molecule has 0 aliphatic heterocycles. The van der Waals surface area contributed by atoms with Crippen LogP contribution in [0.5, 0.6) is 0 Å². The van der Waals surface area contributed by atoms with E-state index in [-0.39, 0.29) is 11.1 Å². The van der Waals surface area contributed by atoms with Crippen molar-refractivity contribution in [3.05, 3.63) is 81.3 Å². The summed E-state index contributed by atoms with van der Waals surface area (Å²) in [6.45, 7) is 0.452. The van der Waals surface area contributed by atoms with Gasteiger partial charge in [-0.2, -0.15) is 4.68 Å². The summed E-state index contributed by atoms with van der Waals surface area (Å²) in [6.07, 6.45) is 1.54. The highest BCUT2D eigenvalue weighted by Gasteiger charge is 2.13. The van der Waals surface area contributed by atoms with Crippen LogP contribution in [-0.4, -0.2) is 24.5 Å². The third-order valence-electron chi connectivity index (χ3n) is 3.70. The second-order valence-electron chi connectivity index (χ2n) is 5.31. The summed E-state index contributed by atoms with van der Waals surface area (Å²) < 4.78 is 4.07. The van der Waals surface area contributed by atoms with Gasteiger partial charge in [0.2, 0.25) is 0 Å². The first-order valence-corrected chi connectivity index (χ1v) is 8.12. The Morgan fingerprint density at radius 2 is 1.75 bits per heavy atom. The molecule has 118 valence electrons. The van der Waals surface area contributed by atoms with E-state index in [0.29, 0.717) is 12.2 Å². The van der Waals surface area contributed by atoms with Gasteiger partial charge in [0, 0.05) is 4.47 Å². The number of nitrogens with zero attached hydrogens (tertiary/aromatic N) is 5. The molecule has 4 rings (SSSR count). The van der Waals surface area contributed by atoms with E-state index in [1.807, 2.05) is 54.6 Å². The maximum absolute atomic E-state index is 12.6. The van der Waals surface area contributed by atoms with E-state index in [0.717, 1.165) is 15.7 Å². The van der Waals surface area contributed by atoms with Crippen LogP contribution in [-0.2, 0) is 6.54 Å². The molecule has 4 aromatic rings. The summed E-state index contributed by atoms with van der Waals surface area (Å²) in [5, 5.41) is 8.10. The van der Waals surface area contributed by atoms with Gasteiger partial charge < -0.3 is 0 Å². The zero-order valence-corrected chi connectivity index (χ0v) is 14.1. The van der Waals surface area contributed by atoms with Crippen molar-refractivity contribution in [1.82, 2.24) is 24.5 Å². The largest absolute Gasteiger partial charge is 0.293 e. The summed E-state index contributed by atoms with van der Waals surface area (Å²) in [6, 6.07) is 17.3. The molecule has 0 saturated carbocycles. The van der Waals surface area contributed by atoms with Crippen LogP contribution in [0.1, 0.15) is 5.56 Å². The maximum atomic E-state index is 12.6. The van der Waals surface area contributed by atoms with Gasteiger partial charge in [-0.1, -0.05) is 51.5 Å². The van der Waals surface area contributed by atoms with Gasteiger partial charge in [-0.05, 0) is 29.8 Å². The van der Waals surface area contributed by atoms with E-state index >= 15 is 0 Å². The van der Waals surface area contributed by atoms with E-state index in [4.69, 9.17) is 0 Å². The van der Waals surface area contributed by atoms with Crippen molar-refractivity contribution in [3.8, 4) is 5.69 Å². The van der Waals surface area contributed by atoms with E-state index in [9.17, 15) is 4.79 Å². The monoisotopic (exact) mass is 381 g/mol. The van der Waals surface area contributed by atoms with Crippen molar-refractivity contribution in [2.24, 2.45) is 0 Å². The molecule has 2 aromatic carbocycles. The van der Waals surface area contributed by atoms with Gasteiger partial charge >= 0.3 is 0 Å². The standard InChI is InChI=1S/C17H12BrN5O/c18-13-6-8-14(9-7-13)23-16-15(20-21-23)17(24)22(11-19-16)10-12-4-2-1-3-5-12/h1-9,11H,10H2. The second kappa shape index (κ2) is 6.01. The molecule has 0 N–H and O–H groups in total. The average Bonchev–Trinajstić information content (AvgIpc) is 3.04. The highest BCUT2D eigenvalue weighted by Crippen LogP contribution is 2.15. The highest BCUT2D eigenvalue weighted by atomic mass is 79.9. The molecule has 7 heteroatoms. The van der Waals surface area contributed by atoms with Crippen LogP contribution in [0.3, 0.4) is 0 Å². The van der Waals surface area contributed by atoms with E-state index in [2.05, 4.69) is 31.2 Å². The molecular weight excluding hydrogens is 370 g/mol. The van der Waals surface area contributed by atoms with Gasteiger partial charge in [0.05, 0.1) is 12.2 Å². The first-order chi connectivity index (χ1) is 11.7. The first-order valence-electron chi connectivity index (χ1n) is 7.33. The molecule has 2 aromatic heterocycles. The lowest BCUT2D eigenvalue weighted by Gasteiger charge is -2.05. The fraction of sp³-hybridized carbons (Fsp3) is 0.0588. The van der Waals surface area contributed by atoms with Gasteiger partial charge in [0.15, 0.2) is 11.2 Å². The summed E-state index contributed by atoms with van der Waals surface area (Å²) in [4.78, 5) is 17.0. The molecule has 0 aliphatic carbocycles. The highest BCUT2D eigenvalue weighted by molar-refractivity contribution is 9.10. The number of hydrogen-bond donors (Lipinski definition) is 0. The van der Waals surface area contributed by atoms with Gasteiger partial charge in [-0.25, -0.2) is 4.98 Å². The Kier molecular flexibility index (Phi) is 3.70. The molecular formula is C17H12BrN5O. The number of benzene rings is 2. The van der Waals surface area contributed by atoms with E-state index in [1.165, 1.54) is 10.9 Å². The molecule has 0 aliphatic rings. The molecule has 0 spiro atoms. The Labute approximate surface area is 145 Å². The molecule has 0 saturated heterocycles. The van der Waals surface area contributed by atoms with E-state index < -0.39 is 0 Å². The lowest BCUT2D eigenvalue weighted by Crippen LogP contribution is -2.21. The van der Waals surface area contributed by atoms with Crippen molar-refractivity contribution in [3.63, 3.8) is 0 Å². The Balaban J connectivity index is 1.78. The fourth-order valence-electron chi connectivity index (χ4n) is 2.49. The Bertz CT molecular complexity index is 1050. The van der Waals surface area contributed by atoms with Gasteiger partial charge in [-0.3, -0.25) is 9.36 Å². The maximum Gasteiger partial charge on any atom is 0.283 e. The number of fused-ring (bicyclic) bond motifs is 1. The quantitative estimate of drug-likeness (QED) is 0.547. The second-order valence-corrected chi connectivity index (χ2v) is 6.23. The lowest BCUT2D eigenvalue weighted by molar-refractivity contribution is 0.745. The minimum absolute atomic E-state index is 0.202. The van der Waals surface area contributed by atoms with Gasteiger partial charge in [-0.15, -0.1) is 5.10 Å². The number of aromatic nitrogens is 5. The van der Waals surface area contributed by atoms with Crippen molar-refractivity contribution in [2.45, 2.75) is 6.54 Å². The third kappa shape index (κ3) is 2.63. The van der Waals surface area contributed by atoms with Crippen molar-refractivity contribution in [1.29, 1.82) is 0 Å². The molecule has 0 radical (unpaired) electrons.